The second-order valence-electron chi connectivity index (χ2n) is 14.8. The molecular formula is C39H68O5S. The Bertz CT molecular complexity index is 959. The predicted molar refractivity (Wildman–Crippen MR) is 193 cm³/mol. The largest absolute Gasteiger partial charge is 0.508 e. The number of aromatic hydroxyl groups is 1. The van der Waals surface area contributed by atoms with Crippen molar-refractivity contribution >= 4 is 23.7 Å². The highest BCUT2D eigenvalue weighted by Crippen LogP contribution is 2.41. The summed E-state index contributed by atoms with van der Waals surface area (Å²) >= 11 is 1.64. The van der Waals surface area contributed by atoms with Crippen LogP contribution in [0.1, 0.15) is 186 Å². The molecule has 0 bridgehead atoms. The lowest BCUT2D eigenvalue weighted by molar-refractivity contribution is -0.148. The average Bonchev–Trinajstić information content (AvgIpc) is 2.96. The highest BCUT2D eigenvalue weighted by Gasteiger charge is 2.32. The summed E-state index contributed by atoms with van der Waals surface area (Å²) in [4.78, 5) is 25.5. The van der Waals surface area contributed by atoms with E-state index >= 15 is 0 Å². The second kappa shape index (κ2) is 22.8. The summed E-state index contributed by atoms with van der Waals surface area (Å²) in [6, 6.07) is 3.27. The second-order valence-corrected chi connectivity index (χ2v) is 16.0. The molecule has 260 valence electrons. The Labute approximate surface area is 281 Å². The van der Waals surface area contributed by atoms with Gasteiger partial charge < -0.3 is 14.6 Å². The van der Waals surface area contributed by atoms with E-state index in [1.165, 1.54) is 83.5 Å². The van der Waals surface area contributed by atoms with Crippen molar-refractivity contribution in [1.29, 1.82) is 0 Å². The molecule has 1 N–H and O–H groups in total. The number of phenols is 1. The molecule has 0 saturated carbocycles. The quantitative estimate of drug-likeness (QED) is 0.0888. The van der Waals surface area contributed by atoms with Gasteiger partial charge in [-0.2, -0.15) is 11.8 Å². The van der Waals surface area contributed by atoms with Crippen molar-refractivity contribution in [3.05, 3.63) is 28.8 Å². The van der Waals surface area contributed by atoms with Gasteiger partial charge in [0.1, 0.15) is 18.5 Å². The molecule has 1 rings (SSSR count). The zero-order valence-electron chi connectivity index (χ0n) is 30.4. The number of unbranched alkanes of at least 4 members (excludes halogenated alkanes) is 14. The first-order valence-corrected chi connectivity index (χ1v) is 19.3. The molecule has 0 spiro atoms. The molecule has 0 aromatic heterocycles. The van der Waals surface area contributed by atoms with Crippen LogP contribution >= 0.6 is 11.8 Å². The SMILES string of the molecule is CCCCCCCCCCCCCCCCCC(=O)OC(CC)CSCCOC(=O)c1ccc(O)c(C(C)(C)C)c1C(C)(C)C. The van der Waals surface area contributed by atoms with E-state index in [1.807, 2.05) is 27.7 Å². The third kappa shape index (κ3) is 17.7. The van der Waals surface area contributed by atoms with E-state index in [4.69, 9.17) is 9.47 Å². The van der Waals surface area contributed by atoms with E-state index in [2.05, 4.69) is 27.7 Å². The Morgan fingerprint density at radius 2 is 1.22 bits per heavy atom. The van der Waals surface area contributed by atoms with Crippen molar-refractivity contribution in [2.24, 2.45) is 0 Å². The minimum absolute atomic E-state index is 0.0970. The summed E-state index contributed by atoms with van der Waals surface area (Å²) in [6.07, 6.45) is 20.8. The first-order valence-electron chi connectivity index (χ1n) is 18.1. The third-order valence-corrected chi connectivity index (χ3v) is 9.47. The Hall–Kier alpha value is -1.69. The molecule has 0 aliphatic heterocycles. The molecule has 0 heterocycles. The van der Waals surface area contributed by atoms with Gasteiger partial charge in [-0.3, -0.25) is 4.79 Å². The number of carbonyl (C=O) groups excluding carboxylic acids is 2. The van der Waals surface area contributed by atoms with Crippen LogP contribution in [0.3, 0.4) is 0 Å². The Morgan fingerprint density at radius 1 is 0.733 bits per heavy atom. The van der Waals surface area contributed by atoms with Crippen LogP contribution in [0.2, 0.25) is 0 Å². The highest BCUT2D eigenvalue weighted by atomic mass is 32.2. The number of carbonyl (C=O) groups is 2. The first kappa shape index (κ1) is 41.3. The smallest absolute Gasteiger partial charge is 0.338 e. The highest BCUT2D eigenvalue weighted by molar-refractivity contribution is 7.99. The molecule has 1 atom stereocenters. The van der Waals surface area contributed by atoms with Gasteiger partial charge in [0.15, 0.2) is 0 Å². The van der Waals surface area contributed by atoms with Crippen molar-refractivity contribution in [2.75, 3.05) is 18.1 Å². The number of thioether (sulfide) groups is 1. The minimum Gasteiger partial charge on any atom is -0.508 e. The average molecular weight is 649 g/mol. The number of hydrogen-bond acceptors (Lipinski definition) is 6. The molecule has 0 saturated heterocycles. The Kier molecular flexibility index (Phi) is 20.9. The maximum atomic E-state index is 13.1. The zero-order chi connectivity index (χ0) is 33.7. The van der Waals surface area contributed by atoms with Gasteiger partial charge in [-0.25, -0.2) is 4.79 Å². The van der Waals surface area contributed by atoms with Gasteiger partial charge in [0.05, 0.1) is 5.56 Å². The van der Waals surface area contributed by atoms with Crippen LogP contribution in [-0.2, 0) is 25.1 Å². The van der Waals surface area contributed by atoms with Gasteiger partial charge in [-0.1, -0.05) is 145 Å². The summed E-state index contributed by atoms with van der Waals surface area (Å²) in [6.45, 7) is 16.9. The van der Waals surface area contributed by atoms with E-state index in [0.29, 0.717) is 23.5 Å². The topological polar surface area (TPSA) is 72.8 Å². The molecule has 5 nitrogen and oxygen atoms in total. The first-order chi connectivity index (χ1) is 21.3. The Balaban J connectivity index is 2.23. The molecule has 1 unspecified atom stereocenters. The zero-order valence-corrected chi connectivity index (χ0v) is 31.2. The van der Waals surface area contributed by atoms with E-state index in [-0.39, 0.29) is 41.2 Å². The maximum absolute atomic E-state index is 13.1. The maximum Gasteiger partial charge on any atom is 0.338 e. The third-order valence-electron chi connectivity index (χ3n) is 8.41. The lowest BCUT2D eigenvalue weighted by atomic mass is 9.72. The molecule has 0 aliphatic carbocycles. The van der Waals surface area contributed by atoms with Crippen LogP contribution in [0.5, 0.6) is 5.75 Å². The molecule has 0 aliphatic rings. The van der Waals surface area contributed by atoms with Crippen molar-refractivity contribution in [1.82, 2.24) is 0 Å². The van der Waals surface area contributed by atoms with Crippen molar-refractivity contribution < 1.29 is 24.2 Å². The number of benzene rings is 1. The fourth-order valence-corrected chi connectivity index (χ4v) is 6.84. The molecular weight excluding hydrogens is 580 g/mol. The van der Waals surface area contributed by atoms with E-state index in [9.17, 15) is 14.7 Å². The lowest BCUT2D eigenvalue weighted by Gasteiger charge is -2.32. The van der Waals surface area contributed by atoms with Gasteiger partial charge in [0.25, 0.3) is 0 Å². The van der Waals surface area contributed by atoms with Crippen molar-refractivity contribution in [2.45, 2.75) is 181 Å². The number of hydrogen-bond donors (Lipinski definition) is 1. The minimum atomic E-state index is -0.368. The monoisotopic (exact) mass is 648 g/mol. The Morgan fingerprint density at radius 3 is 1.69 bits per heavy atom. The molecule has 1 aromatic rings. The number of ether oxygens (including phenoxy) is 2. The number of phenolic OH excluding ortho intramolecular Hbond substituents is 1. The lowest BCUT2D eigenvalue weighted by Crippen LogP contribution is -2.26. The standard InChI is InChI=1S/C39H68O5S/c1-9-11-12-13-14-15-16-17-18-19-20-21-22-23-24-25-34(41)44-31(10-2)30-45-29-28-43-37(42)32-26-27-33(40)36(39(6,7)8)35(32)38(3,4)5/h26-27,31,40H,9-25,28-30H2,1-8H3. The molecule has 0 radical (unpaired) electrons. The van der Waals surface area contributed by atoms with Crippen LogP contribution in [0.15, 0.2) is 12.1 Å². The summed E-state index contributed by atoms with van der Waals surface area (Å²) < 4.78 is 11.4. The predicted octanol–water partition coefficient (Wildman–Crippen LogP) is 11.5. The normalized spacial score (nSPS) is 12.7. The fraction of sp³-hybridized carbons (Fsp3) is 0.795. The number of esters is 2. The van der Waals surface area contributed by atoms with E-state index in [1.54, 1.807) is 23.9 Å². The van der Waals surface area contributed by atoms with E-state index in [0.717, 1.165) is 30.4 Å². The van der Waals surface area contributed by atoms with Gasteiger partial charge in [0, 0.05) is 23.5 Å². The van der Waals surface area contributed by atoms with Crippen LogP contribution in [-0.4, -0.2) is 41.3 Å². The summed E-state index contributed by atoms with van der Waals surface area (Å²) in [7, 11) is 0. The van der Waals surface area contributed by atoms with Gasteiger partial charge in [-0.15, -0.1) is 0 Å². The van der Waals surface area contributed by atoms with Gasteiger partial charge >= 0.3 is 11.9 Å². The van der Waals surface area contributed by atoms with Crippen LogP contribution in [0.25, 0.3) is 0 Å². The molecule has 0 fully saturated rings. The molecule has 6 heteroatoms. The van der Waals surface area contributed by atoms with Crippen molar-refractivity contribution in [3.63, 3.8) is 0 Å². The van der Waals surface area contributed by atoms with Gasteiger partial charge in [0.2, 0.25) is 0 Å². The molecule has 1 aromatic carbocycles. The summed E-state index contributed by atoms with van der Waals surface area (Å²) in [5.74, 6) is 1.07. The summed E-state index contributed by atoms with van der Waals surface area (Å²) in [5, 5.41) is 10.6. The van der Waals surface area contributed by atoms with Gasteiger partial charge in [-0.05, 0) is 41.4 Å². The van der Waals surface area contributed by atoms with E-state index < -0.39 is 0 Å². The molecule has 0 amide bonds. The molecule has 45 heavy (non-hydrogen) atoms. The van der Waals surface area contributed by atoms with Crippen molar-refractivity contribution in [3.8, 4) is 5.75 Å². The van der Waals surface area contributed by atoms with Crippen LogP contribution < -0.4 is 0 Å². The summed E-state index contributed by atoms with van der Waals surface area (Å²) in [5.41, 5.74) is 1.47. The number of rotatable bonds is 24. The fourth-order valence-electron chi connectivity index (χ4n) is 5.91. The van der Waals surface area contributed by atoms with Crippen LogP contribution in [0.4, 0.5) is 0 Å². The van der Waals surface area contributed by atoms with Crippen LogP contribution in [0, 0.1) is 0 Å².